The van der Waals surface area contributed by atoms with Gasteiger partial charge in [0, 0.05) is 37.8 Å². The van der Waals surface area contributed by atoms with Crippen LogP contribution >= 0.6 is 0 Å². The maximum Gasteiger partial charge on any atom is 0.265 e. The van der Waals surface area contributed by atoms with E-state index in [2.05, 4.69) is 10.6 Å². The van der Waals surface area contributed by atoms with E-state index in [9.17, 15) is 22.8 Å². The van der Waals surface area contributed by atoms with Gasteiger partial charge in [0.15, 0.2) is 6.10 Å². The largest absolute Gasteiger partial charge is 0.479 e. The lowest BCUT2D eigenvalue weighted by atomic mass is 10.1. The average Bonchev–Trinajstić information content (AvgIpc) is 2.83. The Morgan fingerprint density at radius 3 is 2.47 bits per heavy atom. The van der Waals surface area contributed by atoms with E-state index in [0.29, 0.717) is 22.6 Å². The SMILES string of the molecule is Cc1cc2c(cc1S(=O)(=O)N1CCN(C(=O)CNC(=O)c3ccccc3)CC1)O[C@@H](C)C(=O)N2. The first-order chi connectivity index (χ1) is 16.2. The number of hydrogen-bond donors (Lipinski definition) is 2. The zero-order valence-electron chi connectivity index (χ0n) is 18.9. The van der Waals surface area contributed by atoms with Gasteiger partial charge in [0.05, 0.1) is 17.1 Å². The molecule has 0 radical (unpaired) electrons. The third-order valence-electron chi connectivity index (χ3n) is 5.85. The Hall–Kier alpha value is -3.44. The molecule has 11 heteroatoms. The monoisotopic (exact) mass is 486 g/mol. The number of rotatable bonds is 5. The van der Waals surface area contributed by atoms with Crippen molar-refractivity contribution >= 4 is 33.4 Å². The van der Waals surface area contributed by atoms with Crippen molar-refractivity contribution in [3.05, 3.63) is 53.6 Å². The molecule has 0 unspecified atom stereocenters. The number of piperazine rings is 1. The molecule has 1 saturated heterocycles. The Morgan fingerprint density at radius 1 is 1.12 bits per heavy atom. The summed E-state index contributed by atoms with van der Waals surface area (Å²) in [5.74, 6) is -0.599. The van der Waals surface area contributed by atoms with Gasteiger partial charge in [0.2, 0.25) is 15.9 Å². The molecule has 0 bridgehead atoms. The quantitative estimate of drug-likeness (QED) is 0.649. The summed E-state index contributed by atoms with van der Waals surface area (Å²) < 4.78 is 33.5. The second kappa shape index (κ2) is 9.43. The van der Waals surface area contributed by atoms with Crippen molar-refractivity contribution in [1.82, 2.24) is 14.5 Å². The average molecular weight is 487 g/mol. The van der Waals surface area contributed by atoms with Crippen LogP contribution in [0.15, 0.2) is 47.4 Å². The highest BCUT2D eigenvalue weighted by Crippen LogP contribution is 2.35. The van der Waals surface area contributed by atoms with Crippen LogP contribution in [0.5, 0.6) is 5.75 Å². The molecule has 180 valence electrons. The van der Waals surface area contributed by atoms with E-state index >= 15 is 0 Å². The van der Waals surface area contributed by atoms with E-state index < -0.39 is 16.1 Å². The zero-order chi connectivity index (χ0) is 24.5. The molecular weight excluding hydrogens is 460 g/mol. The Bertz CT molecular complexity index is 1220. The first kappa shape index (κ1) is 23.7. The number of nitrogens with one attached hydrogen (secondary N) is 2. The van der Waals surface area contributed by atoms with Crippen molar-refractivity contribution in [2.75, 3.05) is 38.0 Å². The molecule has 1 fully saturated rings. The Kier molecular flexibility index (Phi) is 6.58. The Balaban J connectivity index is 1.38. The van der Waals surface area contributed by atoms with E-state index in [1.807, 2.05) is 0 Å². The normalized spacial score (nSPS) is 18.5. The highest BCUT2D eigenvalue weighted by molar-refractivity contribution is 7.89. The number of aryl methyl sites for hydroxylation is 1. The molecule has 1 atom stereocenters. The molecule has 2 heterocycles. The second-order valence-electron chi connectivity index (χ2n) is 8.20. The summed E-state index contributed by atoms with van der Waals surface area (Å²) >= 11 is 0. The summed E-state index contributed by atoms with van der Waals surface area (Å²) in [6, 6.07) is 11.6. The number of hydrogen-bond acceptors (Lipinski definition) is 6. The van der Waals surface area contributed by atoms with Crippen LogP contribution in [0.2, 0.25) is 0 Å². The predicted octanol–water partition coefficient (Wildman–Crippen LogP) is 0.977. The van der Waals surface area contributed by atoms with Crippen molar-refractivity contribution in [3.8, 4) is 5.75 Å². The summed E-state index contributed by atoms with van der Waals surface area (Å²) in [6.45, 7) is 3.78. The third kappa shape index (κ3) is 4.75. The van der Waals surface area contributed by atoms with Gasteiger partial charge >= 0.3 is 0 Å². The Morgan fingerprint density at radius 2 is 1.79 bits per heavy atom. The van der Waals surface area contributed by atoms with E-state index in [1.165, 1.54) is 15.3 Å². The number of anilines is 1. The van der Waals surface area contributed by atoms with Crippen LogP contribution < -0.4 is 15.4 Å². The van der Waals surface area contributed by atoms with E-state index in [4.69, 9.17) is 4.74 Å². The Labute approximate surface area is 197 Å². The lowest BCUT2D eigenvalue weighted by Crippen LogP contribution is -2.52. The van der Waals surface area contributed by atoms with Gasteiger partial charge in [0.1, 0.15) is 5.75 Å². The van der Waals surface area contributed by atoms with Crippen molar-refractivity contribution in [2.24, 2.45) is 0 Å². The molecule has 0 spiro atoms. The molecule has 34 heavy (non-hydrogen) atoms. The molecule has 10 nitrogen and oxygen atoms in total. The van der Waals surface area contributed by atoms with Crippen LogP contribution in [0, 0.1) is 6.92 Å². The zero-order valence-corrected chi connectivity index (χ0v) is 19.7. The van der Waals surface area contributed by atoms with Crippen LogP contribution in [0.3, 0.4) is 0 Å². The molecule has 4 rings (SSSR count). The fraction of sp³-hybridized carbons (Fsp3) is 0.348. The number of ether oxygens (including phenoxy) is 1. The molecule has 2 aliphatic rings. The molecule has 0 aromatic heterocycles. The minimum Gasteiger partial charge on any atom is -0.479 e. The van der Waals surface area contributed by atoms with Crippen LogP contribution in [0.4, 0.5) is 5.69 Å². The van der Waals surface area contributed by atoms with Crippen molar-refractivity contribution in [2.45, 2.75) is 24.8 Å². The standard InChI is InChI=1S/C23H26N4O6S/c1-15-12-18-19(33-16(2)22(29)25-18)13-20(15)34(31,32)27-10-8-26(9-11-27)21(28)14-24-23(30)17-6-4-3-5-7-17/h3-7,12-13,16H,8-11,14H2,1-2H3,(H,24,30)(H,25,29)/t16-/m0/s1. The number of nitrogens with zero attached hydrogens (tertiary/aromatic N) is 2. The molecule has 0 aliphatic carbocycles. The van der Waals surface area contributed by atoms with E-state index in [-0.39, 0.29) is 55.3 Å². The molecule has 2 aliphatic heterocycles. The van der Waals surface area contributed by atoms with E-state index in [0.717, 1.165) is 0 Å². The van der Waals surface area contributed by atoms with Gasteiger partial charge in [-0.25, -0.2) is 8.42 Å². The number of carbonyl (C=O) groups excluding carboxylic acids is 3. The van der Waals surface area contributed by atoms with Gasteiger partial charge in [-0.1, -0.05) is 18.2 Å². The number of benzene rings is 2. The second-order valence-corrected chi connectivity index (χ2v) is 10.1. The van der Waals surface area contributed by atoms with Crippen LogP contribution in [-0.2, 0) is 19.6 Å². The van der Waals surface area contributed by atoms with Gasteiger partial charge in [-0.2, -0.15) is 4.31 Å². The summed E-state index contributed by atoms with van der Waals surface area (Å²) in [4.78, 5) is 38.1. The van der Waals surface area contributed by atoms with Gasteiger partial charge < -0.3 is 20.3 Å². The lowest BCUT2D eigenvalue weighted by molar-refractivity contribution is -0.131. The predicted molar refractivity (Wildman–Crippen MR) is 124 cm³/mol. The van der Waals surface area contributed by atoms with Gasteiger partial charge in [0.25, 0.3) is 11.8 Å². The van der Waals surface area contributed by atoms with Crippen molar-refractivity contribution in [1.29, 1.82) is 0 Å². The highest BCUT2D eigenvalue weighted by Gasteiger charge is 2.33. The third-order valence-corrected chi connectivity index (χ3v) is 7.89. The summed E-state index contributed by atoms with van der Waals surface area (Å²) in [6.07, 6.45) is -0.720. The number of amides is 3. The van der Waals surface area contributed by atoms with Crippen LogP contribution in [0.1, 0.15) is 22.8 Å². The number of sulfonamides is 1. The molecular formula is C23H26N4O6S. The minimum absolute atomic E-state index is 0.101. The fourth-order valence-electron chi connectivity index (χ4n) is 3.90. The lowest BCUT2D eigenvalue weighted by Gasteiger charge is -2.34. The minimum atomic E-state index is -3.84. The summed E-state index contributed by atoms with van der Waals surface area (Å²) in [7, 11) is -3.84. The summed E-state index contributed by atoms with van der Waals surface area (Å²) in [5, 5.41) is 5.31. The van der Waals surface area contributed by atoms with Gasteiger partial charge in [-0.15, -0.1) is 0 Å². The maximum absolute atomic E-state index is 13.3. The highest BCUT2D eigenvalue weighted by atomic mass is 32.2. The topological polar surface area (TPSA) is 125 Å². The molecule has 0 saturated carbocycles. The fourth-order valence-corrected chi connectivity index (χ4v) is 5.54. The van der Waals surface area contributed by atoms with Gasteiger partial charge in [-0.3, -0.25) is 14.4 Å². The summed E-state index contributed by atoms with van der Waals surface area (Å²) in [5.41, 5.74) is 1.39. The molecule has 2 aromatic carbocycles. The van der Waals surface area contributed by atoms with Gasteiger partial charge in [-0.05, 0) is 37.6 Å². The van der Waals surface area contributed by atoms with Crippen molar-refractivity contribution < 1.29 is 27.5 Å². The smallest absolute Gasteiger partial charge is 0.265 e. The first-order valence-corrected chi connectivity index (χ1v) is 12.3. The van der Waals surface area contributed by atoms with Crippen molar-refractivity contribution in [3.63, 3.8) is 0 Å². The molecule has 3 amide bonds. The maximum atomic E-state index is 13.3. The number of fused-ring (bicyclic) bond motifs is 1. The van der Waals surface area contributed by atoms with E-state index in [1.54, 1.807) is 50.2 Å². The molecule has 2 N–H and O–H groups in total. The van der Waals surface area contributed by atoms with Crippen LogP contribution in [-0.4, -0.2) is 74.2 Å². The first-order valence-electron chi connectivity index (χ1n) is 10.9. The molecule has 2 aromatic rings. The number of carbonyl (C=O) groups is 3. The van der Waals surface area contributed by atoms with Crippen LogP contribution in [0.25, 0.3) is 0 Å².